The molecule has 2 aromatic rings. The van der Waals surface area contributed by atoms with E-state index >= 15 is 0 Å². The summed E-state index contributed by atoms with van der Waals surface area (Å²) in [5.74, 6) is -1.42. The second kappa shape index (κ2) is 6.22. The summed E-state index contributed by atoms with van der Waals surface area (Å²) in [6.45, 7) is 0. The molecule has 0 bridgehead atoms. The number of hydrogen-bond acceptors (Lipinski definition) is 4. The third-order valence-corrected chi connectivity index (χ3v) is 3.15. The van der Waals surface area contributed by atoms with Crippen LogP contribution in [0.3, 0.4) is 0 Å². The van der Waals surface area contributed by atoms with Gasteiger partial charge in [-0.15, -0.1) is 12.4 Å². The van der Waals surface area contributed by atoms with E-state index in [1.165, 1.54) is 18.2 Å². The number of phenolic OH excluding ortho intramolecular Hbond substituents is 2. The van der Waals surface area contributed by atoms with Crippen LogP contribution >= 0.6 is 35.6 Å². The SMILES string of the molecule is Cl.Nc1c(O)c(Cl)cc(C(=O)c2ccc(Cl)cc2)c1O. The molecule has 2 rings (SSSR count). The number of nitrogens with two attached hydrogens (primary N) is 1. The molecule has 0 saturated heterocycles. The molecule has 0 atom stereocenters. The normalized spacial score (nSPS) is 9.90. The lowest BCUT2D eigenvalue weighted by Crippen LogP contribution is -2.03. The maximum atomic E-state index is 12.2. The molecule has 2 aromatic carbocycles. The number of rotatable bonds is 2. The van der Waals surface area contributed by atoms with Gasteiger partial charge in [-0.25, -0.2) is 0 Å². The Morgan fingerprint density at radius 2 is 1.60 bits per heavy atom. The highest BCUT2D eigenvalue weighted by Crippen LogP contribution is 2.40. The van der Waals surface area contributed by atoms with Crippen LogP contribution in [0.2, 0.25) is 10.0 Å². The number of benzene rings is 2. The minimum absolute atomic E-state index is 0. The van der Waals surface area contributed by atoms with E-state index in [0.717, 1.165) is 0 Å². The van der Waals surface area contributed by atoms with Gasteiger partial charge in [-0.1, -0.05) is 23.2 Å². The molecule has 0 saturated carbocycles. The standard InChI is InChI=1S/C13H9Cl2NO3.ClH/c14-7-3-1-6(2-4-7)11(17)8-5-9(15)13(19)10(16)12(8)18;/h1-5,18-19H,16H2;1H. The molecule has 0 spiro atoms. The molecule has 4 N–H and O–H groups in total. The maximum absolute atomic E-state index is 12.2. The van der Waals surface area contributed by atoms with Gasteiger partial charge in [0.1, 0.15) is 5.69 Å². The van der Waals surface area contributed by atoms with Gasteiger partial charge in [0, 0.05) is 10.6 Å². The third kappa shape index (κ3) is 2.93. The number of nitrogen functional groups attached to an aromatic ring is 1. The van der Waals surface area contributed by atoms with Gasteiger partial charge in [-0.05, 0) is 30.3 Å². The molecule has 0 aliphatic rings. The predicted molar refractivity (Wildman–Crippen MR) is 81.3 cm³/mol. The number of halogens is 3. The first kappa shape index (κ1) is 16.4. The Hall–Kier alpha value is -1.62. The largest absolute Gasteiger partial charge is 0.505 e. The van der Waals surface area contributed by atoms with Crippen LogP contribution < -0.4 is 5.73 Å². The molecule has 106 valence electrons. The van der Waals surface area contributed by atoms with Crippen molar-refractivity contribution < 1.29 is 15.0 Å². The van der Waals surface area contributed by atoms with E-state index < -0.39 is 17.3 Å². The van der Waals surface area contributed by atoms with Crippen molar-refractivity contribution >= 4 is 47.1 Å². The molecule has 0 fully saturated rings. The number of ketones is 1. The molecule has 0 amide bonds. The zero-order valence-corrected chi connectivity index (χ0v) is 12.3. The Morgan fingerprint density at radius 1 is 1.05 bits per heavy atom. The fourth-order valence-corrected chi connectivity index (χ4v) is 1.92. The van der Waals surface area contributed by atoms with Gasteiger partial charge in [0.05, 0.1) is 10.6 Å². The second-order valence-electron chi connectivity index (χ2n) is 3.85. The second-order valence-corrected chi connectivity index (χ2v) is 4.70. The highest BCUT2D eigenvalue weighted by atomic mass is 35.5. The van der Waals surface area contributed by atoms with Crippen LogP contribution in [0.1, 0.15) is 15.9 Å². The van der Waals surface area contributed by atoms with Crippen molar-refractivity contribution in [2.45, 2.75) is 0 Å². The Labute approximate surface area is 131 Å². The first-order valence-electron chi connectivity index (χ1n) is 5.22. The molecule has 0 unspecified atom stereocenters. The van der Waals surface area contributed by atoms with Crippen molar-refractivity contribution in [2.75, 3.05) is 5.73 Å². The number of carbonyl (C=O) groups excluding carboxylic acids is 1. The molecule has 0 aromatic heterocycles. The number of anilines is 1. The molecule has 20 heavy (non-hydrogen) atoms. The van der Waals surface area contributed by atoms with E-state index in [2.05, 4.69) is 0 Å². The van der Waals surface area contributed by atoms with E-state index in [0.29, 0.717) is 10.6 Å². The average molecular weight is 335 g/mol. The summed E-state index contributed by atoms with van der Waals surface area (Å²) in [6, 6.07) is 7.30. The van der Waals surface area contributed by atoms with Crippen LogP contribution in [0.15, 0.2) is 30.3 Å². The molecule has 0 radical (unpaired) electrons. The van der Waals surface area contributed by atoms with Crippen molar-refractivity contribution in [3.05, 3.63) is 51.5 Å². The van der Waals surface area contributed by atoms with E-state index in [4.69, 9.17) is 28.9 Å². The zero-order chi connectivity index (χ0) is 14.2. The molecular weight excluding hydrogens is 325 g/mol. The van der Waals surface area contributed by atoms with E-state index in [1.807, 2.05) is 0 Å². The van der Waals surface area contributed by atoms with Crippen molar-refractivity contribution in [3.63, 3.8) is 0 Å². The van der Waals surface area contributed by atoms with Crippen molar-refractivity contribution in [1.29, 1.82) is 0 Å². The lowest BCUT2D eigenvalue weighted by atomic mass is 10.0. The third-order valence-electron chi connectivity index (χ3n) is 2.61. The summed E-state index contributed by atoms with van der Waals surface area (Å²) < 4.78 is 0. The molecule has 0 aliphatic carbocycles. The molecule has 0 heterocycles. The Bertz CT molecular complexity index is 657. The smallest absolute Gasteiger partial charge is 0.196 e. The first-order chi connectivity index (χ1) is 8.91. The van der Waals surface area contributed by atoms with Gasteiger partial charge in [0.2, 0.25) is 0 Å². The van der Waals surface area contributed by atoms with Crippen molar-refractivity contribution in [3.8, 4) is 11.5 Å². The van der Waals surface area contributed by atoms with Crippen LogP contribution in [0.25, 0.3) is 0 Å². The predicted octanol–water partition coefficient (Wildman–Crippen LogP) is 3.64. The summed E-state index contributed by atoms with van der Waals surface area (Å²) in [4.78, 5) is 12.2. The fraction of sp³-hybridized carbons (Fsp3) is 0. The number of hydrogen-bond donors (Lipinski definition) is 3. The summed E-state index contributed by atoms with van der Waals surface area (Å²) in [5, 5.41) is 19.6. The first-order valence-corrected chi connectivity index (χ1v) is 5.97. The molecular formula is C13H10Cl3NO3. The van der Waals surface area contributed by atoms with E-state index in [9.17, 15) is 15.0 Å². The van der Waals surface area contributed by atoms with Gasteiger partial charge < -0.3 is 15.9 Å². The highest BCUT2D eigenvalue weighted by Gasteiger charge is 2.20. The Morgan fingerprint density at radius 3 is 2.15 bits per heavy atom. The van der Waals surface area contributed by atoms with Crippen LogP contribution in [0.4, 0.5) is 5.69 Å². The topological polar surface area (TPSA) is 83.5 Å². The highest BCUT2D eigenvalue weighted by molar-refractivity contribution is 6.33. The van der Waals surface area contributed by atoms with Crippen LogP contribution in [-0.2, 0) is 0 Å². The Balaban J connectivity index is 0.00000200. The summed E-state index contributed by atoms with van der Waals surface area (Å²) >= 11 is 11.5. The number of aromatic hydroxyl groups is 2. The van der Waals surface area contributed by atoms with Gasteiger partial charge in [-0.3, -0.25) is 4.79 Å². The molecule has 7 heteroatoms. The fourth-order valence-electron chi connectivity index (χ4n) is 1.58. The lowest BCUT2D eigenvalue weighted by Gasteiger charge is -2.09. The van der Waals surface area contributed by atoms with Crippen LogP contribution in [0.5, 0.6) is 11.5 Å². The summed E-state index contributed by atoms with van der Waals surface area (Å²) in [5.41, 5.74) is 5.38. The quantitative estimate of drug-likeness (QED) is 0.445. The summed E-state index contributed by atoms with van der Waals surface area (Å²) in [6.07, 6.45) is 0. The van der Waals surface area contributed by atoms with E-state index in [-0.39, 0.29) is 28.7 Å². The van der Waals surface area contributed by atoms with E-state index in [1.54, 1.807) is 12.1 Å². The monoisotopic (exact) mass is 333 g/mol. The number of phenols is 2. The zero-order valence-electron chi connectivity index (χ0n) is 9.93. The van der Waals surface area contributed by atoms with Crippen molar-refractivity contribution in [1.82, 2.24) is 0 Å². The van der Waals surface area contributed by atoms with Crippen LogP contribution in [0, 0.1) is 0 Å². The Kier molecular flexibility index (Phi) is 5.11. The van der Waals surface area contributed by atoms with Gasteiger partial charge in [-0.2, -0.15) is 0 Å². The van der Waals surface area contributed by atoms with Gasteiger partial charge in [0.25, 0.3) is 0 Å². The lowest BCUT2D eigenvalue weighted by molar-refractivity contribution is 0.103. The minimum Gasteiger partial charge on any atom is -0.505 e. The molecule has 4 nitrogen and oxygen atoms in total. The maximum Gasteiger partial charge on any atom is 0.196 e. The van der Waals surface area contributed by atoms with Crippen molar-refractivity contribution in [2.24, 2.45) is 0 Å². The molecule has 0 aliphatic heterocycles. The summed E-state index contributed by atoms with van der Waals surface area (Å²) in [7, 11) is 0. The van der Waals surface area contributed by atoms with Gasteiger partial charge >= 0.3 is 0 Å². The minimum atomic E-state index is -0.498. The van der Waals surface area contributed by atoms with Gasteiger partial charge in [0.15, 0.2) is 17.3 Å². The number of carbonyl (C=O) groups is 1. The van der Waals surface area contributed by atoms with Crippen LogP contribution in [-0.4, -0.2) is 16.0 Å². The average Bonchev–Trinajstić information content (AvgIpc) is 2.40.